The molecule has 0 amide bonds. The van der Waals surface area contributed by atoms with Crippen LogP contribution in [0.4, 0.5) is 0 Å². The molecule has 21 heavy (non-hydrogen) atoms. The molecule has 0 nitrogen and oxygen atoms in total. The molecule has 0 aliphatic heterocycles. The zero-order valence-electron chi connectivity index (χ0n) is 13.6. The van der Waals surface area contributed by atoms with Gasteiger partial charge in [0.15, 0.2) is 0 Å². The summed E-state index contributed by atoms with van der Waals surface area (Å²) in [6.07, 6.45) is 19.6. The van der Waals surface area contributed by atoms with Crippen molar-refractivity contribution >= 4 is 0 Å². The third-order valence-electron chi connectivity index (χ3n) is 5.11. The molecule has 1 aliphatic carbocycles. The lowest BCUT2D eigenvalue weighted by molar-refractivity contribution is 0.302. The predicted molar refractivity (Wildman–Crippen MR) is 92.5 cm³/mol. The van der Waals surface area contributed by atoms with Crippen LogP contribution >= 0.6 is 0 Å². The molecule has 1 fully saturated rings. The van der Waals surface area contributed by atoms with Gasteiger partial charge in [-0.05, 0) is 55.2 Å². The van der Waals surface area contributed by atoms with E-state index in [1.54, 1.807) is 0 Å². The third-order valence-corrected chi connectivity index (χ3v) is 5.11. The van der Waals surface area contributed by atoms with Gasteiger partial charge >= 0.3 is 0 Å². The van der Waals surface area contributed by atoms with Crippen molar-refractivity contribution in [2.45, 2.75) is 77.0 Å². The Labute approximate surface area is 131 Å². The molecule has 0 spiro atoms. The summed E-state index contributed by atoms with van der Waals surface area (Å²) in [7, 11) is 0. The maximum Gasteiger partial charge on any atom is 0.0242 e. The fourth-order valence-electron chi connectivity index (χ4n) is 3.67. The number of terminal acetylenes is 1. The summed E-state index contributed by atoms with van der Waals surface area (Å²) in [6.45, 7) is 2.29. The summed E-state index contributed by atoms with van der Waals surface area (Å²) in [4.78, 5) is 0. The average molecular weight is 282 g/mol. The van der Waals surface area contributed by atoms with Gasteiger partial charge in [0.1, 0.15) is 0 Å². The number of hydrogen-bond acceptors (Lipinski definition) is 0. The summed E-state index contributed by atoms with van der Waals surface area (Å²) in [5, 5.41) is 0. The van der Waals surface area contributed by atoms with E-state index in [1.807, 2.05) is 0 Å². The molecule has 0 bridgehead atoms. The zero-order valence-corrected chi connectivity index (χ0v) is 13.6. The Bertz CT molecular complexity index is 426. The molecule has 1 aromatic rings. The predicted octanol–water partition coefficient (Wildman–Crippen LogP) is 6.30. The lowest BCUT2D eigenvalue weighted by Gasteiger charge is -2.29. The quantitative estimate of drug-likeness (QED) is 0.406. The highest BCUT2D eigenvalue weighted by Crippen LogP contribution is 2.37. The second-order valence-corrected chi connectivity index (χ2v) is 6.69. The van der Waals surface area contributed by atoms with Crippen LogP contribution in [0.15, 0.2) is 24.3 Å². The van der Waals surface area contributed by atoms with Crippen LogP contribution in [-0.2, 0) is 0 Å². The highest BCUT2D eigenvalue weighted by atomic mass is 14.3. The maximum atomic E-state index is 5.42. The number of rotatable bonds is 7. The standard InChI is InChI=1S/C21H30/c1-3-5-6-7-8-9-19-12-16-21(17-13-19)20-14-10-18(4-2)11-15-20/h2,10-11,14-15,19,21H,3,5-9,12-13,16-17H2,1H3/t19-,21-. The van der Waals surface area contributed by atoms with Crippen molar-refractivity contribution in [2.24, 2.45) is 5.92 Å². The molecular weight excluding hydrogens is 252 g/mol. The molecule has 0 unspecified atom stereocenters. The van der Waals surface area contributed by atoms with Gasteiger partial charge in [-0.25, -0.2) is 0 Å². The van der Waals surface area contributed by atoms with Crippen molar-refractivity contribution in [2.75, 3.05) is 0 Å². The van der Waals surface area contributed by atoms with Crippen molar-refractivity contribution in [3.63, 3.8) is 0 Å². The lowest BCUT2D eigenvalue weighted by atomic mass is 9.77. The first-order chi connectivity index (χ1) is 10.3. The van der Waals surface area contributed by atoms with Crippen LogP contribution in [0.5, 0.6) is 0 Å². The summed E-state index contributed by atoms with van der Waals surface area (Å²) >= 11 is 0. The zero-order chi connectivity index (χ0) is 14.9. The summed E-state index contributed by atoms with van der Waals surface area (Å²) in [5.74, 6) is 4.47. The van der Waals surface area contributed by atoms with Gasteiger partial charge in [0.2, 0.25) is 0 Å². The Kier molecular flexibility index (Phi) is 6.87. The first kappa shape index (κ1) is 16.2. The lowest BCUT2D eigenvalue weighted by Crippen LogP contribution is -2.13. The van der Waals surface area contributed by atoms with Gasteiger partial charge in [-0.2, -0.15) is 0 Å². The molecule has 0 atom stereocenters. The minimum atomic E-state index is 0.771. The van der Waals surface area contributed by atoms with Gasteiger partial charge in [-0.3, -0.25) is 0 Å². The summed E-state index contributed by atoms with van der Waals surface area (Å²) < 4.78 is 0. The minimum absolute atomic E-state index is 0.771. The molecule has 0 saturated heterocycles. The third kappa shape index (κ3) is 5.24. The maximum absolute atomic E-state index is 5.42. The largest absolute Gasteiger partial charge is 0.115 e. The first-order valence-corrected chi connectivity index (χ1v) is 8.90. The summed E-state index contributed by atoms with van der Waals surface area (Å²) in [6, 6.07) is 8.67. The van der Waals surface area contributed by atoms with Crippen LogP contribution in [-0.4, -0.2) is 0 Å². The smallest absolute Gasteiger partial charge is 0.0242 e. The van der Waals surface area contributed by atoms with Gasteiger partial charge in [-0.1, -0.05) is 63.5 Å². The number of unbranched alkanes of at least 4 members (excludes halogenated alkanes) is 4. The van der Waals surface area contributed by atoms with Crippen molar-refractivity contribution in [3.8, 4) is 12.3 Å². The van der Waals surface area contributed by atoms with Crippen LogP contribution in [0, 0.1) is 18.3 Å². The highest BCUT2D eigenvalue weighted by molar-refractivity contribution is 5.35. The fourth-order valence-corrected chi connectivity index (χ4v) is 3.67. The number of hydrogen-bond donors (Lipinski definition) is 0. The number of benzene rings is 1. The monoisotopic (exact) mass is 282 g/mol. The molecule has 2 rings (SSSR count). The average Bonchev–Trinajstić information content (AvgIpc) is 2.55. The van der Waals surface area contributed by atoms with E-state index in [0.717, 1.165) is 17.4 Å². The van der Waals surface area contributed by atoms with Crippen LogP contribution < -0.4 is 0 Å². The van der Waals surface area contributed by atoms with Crippen LogP contribution in [0.2, 0.25) is 0 Å². The molecule has 114 valence electrons. The van der Waals surface area contributed by atoms with E-state index in [4.69, 9.17) is 6.42 Å². The van der Waals surface area contributed by atoms with E-state index in [0.29, 0.717) is 0 Å². The molecule has 1 aromatic carbocycles. The van der Waals surface area contributed by atoms with E-state index >= 15 is 0 Å². The molecule has 0 radical (unpaired) electrons. The summed E-state index contributed by atoms with van der Waals surface area (Å²) in [5.41, 5.74) is 2.50. The molecule has 0 aromatic heterocycles. The molecule has 1 saturated carbocycles. The van der Waals surface area contributed by atoms with E-state index in [2.05, 4.69) is 37.1 Å². The van der Waals surface area contributed by atoms with Crippen LogP contribution in [0.1, 0.15) is 88.2 Å². The Hall–Kier alpha value is -1.22. The molecular formula is C21H30. The molecule has 0 heteroatoms. The SMILES string of the molecule is C#Cc1ccc([C@H]2CC[C@H](CCCCCCC)CC2)cc1. The fraction of sp³-hybridized carbons (Fsp3) is 0.619. The van der Waals surface area contributed by atoms with Crippen molar-refractivity contribution in [1.29, 1.82) is 0 Å². The molecule has 0 heterocycles. The van der Waals surface area contributed by atoms with Crippen LogP contribution in [0.3, 0.4) is 0 Å². The molecule has 0 N–H and O–H groups in total. The minimum Gasteiger partial charge on any atom is -0.115 e. The van der Waals surface area contributed by atoms with Gasteiger partial charge in [0.05, 0.1) is 0 Å². The van der Waals surface area contributed by atoms with E-state index in [9.17, 15) is 0 Å². The van der Waals surface area contributed by atoms with Crippen molar-refractivity contribution in [1.82, 2.24) is 0 Å². The second kappa shape index (κ2) is 8.93. The Morgan fingerprint density at radius 2 is 1.62 bits per heavy atom. The van der Waals surface area contributed by atoms with E-state index in [-0.39, 0.29) is 0 Å². The normalized spacial score (nSPS) is 21.9. The van der Waals surface area contributed by atoms with Crippen LogP contribution in [0.25, 0.3) is 0 Å². The Balaban J connectivity index is 1.69. The van der Waals surface area contributed by atoms with Crippen molar-refractivity contribution < 1.29 is 0 Å². The van der Waals surface area contributed by atoms with Gasteiger partial charge in [0, 0.05) is 5.56 Å². The van der Waals surface area contributed by atoms with Gasteiger partial charge < -0.3 is 0 Å². The highest BCUT2D eigenvalue weighted by Gasteiger charge is 2.21. The Morgan fingerprint density at radius 1 is 0.952 bits per heavy atom. The second-order valence-electron chi connectivity index (χ2n) is 6.69. The molecule has 1 aliphatic rings. The van der Waals surface area contributed by atoms with Crippen molar-refractivity contribution in [3.05, 3.63) is 35.4 Å². The van der Waals surface area contributed by atoms with Gasteiger partial charge in [0.25, 0.3) is 0 Å². The van der Waals surface area contributed by atoms with E-state index < -0.39 is 0 Å². The van der Waals surface area contributed by atoms with E-state index in [1.165, 1.54) is 69.8 Å². The topological polar surface area (TPSA) is 0 Å². The van der Waals surface area contributed by atoms with Gasteiger partial charge in [-0.15, -0.1) is 6.42 Å². The first-order valence-electron chi connectivity index (χ1n) is 8.90. The Morgan fingerprint density at radius 3 is 2.24 bits per heavy atom.